The third kappa shape index (κ3) is 3.48. The van der Waals surface area contributed by atoms with Crippen molar-refractivity contribution in [2.45, 2.75) is 12.4 Å². The van der Waals surface area contributed by atoms with E-state index in [-0.39, 0.29) is 0 Å². The Morgan fingerprint density at radius 1 is 1.15 bits per heavy atom. The van der Waals surface area contributed by atoms with Gasteiger partial charge in [0.2, 0.25) is 10.0 Å². The molecule has 0 radical (unpaired) electrons. The quantitative estimate of drug-likeness (QED) is 0.740. The first kappa shape index (κ1) is 12.7. The highest BCUT2D eigenvalue weighted by Gasteiger charge is 2.47. The first-order valence-electron chi connectivity index (χ1n) is 2.84. The fourth-order valence-electron chi connectivity index (χ4n) is 0.273. The average molecular weight is 241 g/mol. The van der Waals surface area contributed by atoms with Gasteiger partial charge in [0.1, 0.15) is 0 Å². The Labute approximate surface area is 73.0 Å². The average Bonchev–Trinajstić information content (AvgIpc) is 1.83. The van der Waals surface area contributed by atoms with Gasteiger partial charge in [-0.25, -0.2) is 16.8 Å². The normalized spacial score (nSPS) is 14.5. The Bertz CT molecular complexity index is 366. The highest BCUT2D eigenvalue weighted by atomic mass is 32.3. The number of nitrogens with one attached hydrogen (secondary N) is 1. The molecule has 0 saturated heterocycles. The van der Waals surface area contributed by atoms with Crippen LogP contribution >= 0.6 is 0 Å². The first-order chi connectivity index (χ1) is 5.52. The van der Waals surface area contributed by atoms with Gasteiger partial charge in [0.15, 0.2) is 0 Å². The van der Waals surface area contributed by atoms with Gasteiger partial charge in [-0.05, 0) is 6.92 Å². The van der Waals surface area contributed by atoms with E-state index in [4.69, 9.17) is 0 Å². The highest BCUT2D eigenvalue weighted by Crippen LogP contribution is 2.21. The lowest BCUT2D eigenvalue weighted by molar-refractivity contribution is -0.0441. The smallest absolute Gasteiger partial charge is 0.211 e. The molecule has 10 heteroatoms. The van der Waals surface area contributed by atoms with Crippen LogP contribution in [0.4, 0.5) is 13.2 Å². The van der Waals surface area contributed by atoms with Gasteiger partial charge in [-0.2, -0.15) is 13.2 Å². The van der Waals surface area contributed by atoms with Crippen LogP contribution in [0.1, 0.15) is 6.92 Å². The molecule has 0 rings (SSSR count). The summed E-state index contributed by atoms with van der Waals surface area (Å²) in [5, 5.41) is 0. The summed E-state index contributed by atoms with van der Waals surface area (Å²) >= 11 is 0. The molecule has 80 valence electrons. The molecule has 0 aromatic carbocycles. The molecule has 0 spiro atoms. The van der Waals surface area contributed by atoms with Crippen molar-refractivity contribution in [2.24, 2.45) is 0 Å². The second-order valence-electron chi connectivity index (χ2n) is 1.94. The van der Waals surface area contributed by atoms with Gasteiger partial charge in [-0.3, -0.25) is 0 Å². The minimum atomic E-state index is -5.81. The van der Waals surface area contributed by atoms with E-state index >= 15 is 0 Å². The van der Waals surface area contributed by atoms with Gasteiger partial charge in [-0.15, -0.1) is 4.13 Å². The molecule has 13 heavy (non-hydrogen) atoms. The number of halogens is 3. The van der Waals surface area contributed by atoms with Crippen LogP contribution in [-0.2, 0) is 20.0 Å². The lowest BCUT2D eigenvalue weighted by Crippen LogP contribution is -2.40. The number of sulfonamides is 2. The van der Waals surface area contributed by atoms with Gasteiger partial charge in [0.05, 0.1) is 5.75 Å². The summed E-state index contributed by atoms with van der Waals surface area (Å²) in [6.45, 7) is 1.01. The van der Waals surface area contributed by atoms with Crippen molar-refractivity contribution >= 4 is 20.0 Å². The predicted molar refractivity (Wildman–Crippen MR) is 37.6 cm³/mol. The maximum atomic E-state index is 11.6. The van der Waals surface area contributed by atoms with E-state index in [1.807, 2.05) is 0 Å². The molecule has 0 aliphatic rings. The van der Waals surface area contributed by atoms with Crippen LogP contribution < -0.4 is 4.13 Å². The zero-order valence-electron chi connectivity index (χ0n) is 6.29. The molecule has 0 aromatic heterocycles. The van der Waals surface area contributed by atoms with Crippen LogP contribution in [0.15, 0.2) is 0 Å². The third-order valence-corrected chi connectivity index (χ3v) is 4.18. The summed E-state index contributed by atoms with van der Waals surface area (Å²) in [5.74, 6) is -0.748. The monoisotopic (exact) mass is 241 g/mol. The predicted octanol–water partition coefficient (Wildman–Crippen LogP) is -0.225. The topological polar surface area (TPSA) is 80.3 Å². The molecule has 0 fully saturated rings. The second kappa shape index (κ2) is 3.42. The number of hydrogen-bond donors (Lipinski definition) is 1. The molecule has 0 amide bonds. The van der Waals surface area contributed by atoms with E-state index in [1.165, 1.54) is 0 Å². The standard InChI is InChI=1S/C3H6F3NO4S2/c1-2-12(8,9)7-13(10,11)3(4,5)6/h7H,2H2,1H3. The Kier molecular flexibility index (Phi) is 3.33. The van der Waals surface area contributed by atoms with Crippen molar-refractivity contribution in [1.29, 1.82) is 0 Å². The molecule has 0 aromatic rings. The molecule has 0 aliphatic carbocycles. The molecule has 0 aliphatic heterocycles. The van der Waals surface area contributed by atoms with E-state index in [9.17, 15) is 30.0 Å². The number of hydrogen-bond acceptors (Lipinski definition) is 4. The lowest BCUT2D eigenvalue weighted by Gasteiger charge is -2.08. The SMILES string of the molecule is CCS(=O)(=O)NS(=O)(=O)C(F)(F)F. The maximum absolute atomic E-state index is 11.6. The Morgan fingerprint density at radius 3 is 1.77 bits per heavy atom. The Balaban J connectivity index is 4.97. The summed E-state index contributed by atoms with van der Waals surface area (Å²) in [4.78, 5) is 0. The fraction of sp³-hybridized carbons (Fsp3) is 1.00. The maximum Gasteiger partial charge on any atom is 0.512 e. The van der Waals surface area contributed by atoms with Crippen LogP contribution in [0.25, 0.3) is 0 Å². The van der Waals surface area contributed by atoms with E-state index < -0.39 is 31.3 Å². The van der Waals surface area contributed by atoms with Gasteiger partial charge in [0.25, 0.3) is 0 Å². The van der Waals surface area contributed by atoms with Crippen molar-refractivity contribution in [3.05, 3.63) is 0 Å². The minimum absolute atomic E-state index is 0.542. The van der Waals surface area contributed by atoms with Gasteiger partial charge >= 0.3 is 15.5 Å². The van der Waals surface area contributed by atoms with Gasteiger partial charge in [-0.1, -0.05) is 0 Å². The summed E-state index contributed by atoms with van der Waals surface area (Å²) in [5.41, 5.74) is -5.62. The van der Waals surface area contributed by atoms with Gasteiger partial charge < -0.3 is 0 Å². The van der Waals surface area contributed by atoms with E-state index in [1.54, 1.807) is 0 Å². The van der Waals surface area contributed by atoms with Crippen molar-refractivity contribution in [2.75, 3.05) is 5.75 Å². The Hall–Kier alpha value is -0.350. The molecule has 0 saturated carbocycles. The zero-order valence-corrected chi connectivity index (χ0v) is 7.92. The Morgan fingerprint density at radius 2 is 1.54 bits per heavy atom. The number of rotatable bonds is 3. The van der Waals surface area contributed by atoms with Crippen molar-refractivity contribution in [1.82, 2.24) is 4.13 Å². The lowest BCUT2D eigenvalue weighted by atomic mass is 11.0. The van der Waals surface area contributed by atoms with Crippen molar-refractivity contribution in [3.63, 3.8) is 0 Å². The summed E-state index contributed by atoms with van der Waals surface area (Å²) < 4.78 is 76.7. The molecule has 0 unspecified atom stereocenters. The summed E-state index contributed by atoms with van der Waals surface area (Å²) in [7, 11) is -10.2. The molecule has 0 heterocycles. The van der Waals surface area contributed by atoms with Crippen molar-refractivity contribution < 1.29 is 30.0 Å². The molecular formula is C3H6F3NO4S2. The summed E-state index contributed by atoms with van der Waals surface area (Å²) in [6.07, 6.45) is 0. The van der Waals surface area contributed by atoms with E-state index in [2.05, 4.69) is 0 Å². The molecule has 0 bridgehead atoms. The third-order valence-electron chi connectivity index (χ3n) is 0.921. The fourth-order valence-corrected chi connectivity index (χ4v) is 2.46. The summed E-state index contributed by atoms with van der Waals surface area (Å²) in [6, 6.07) is 0. The first-order valence-corrected chi connectivity index (χ1v) is 5.98. The van der Waals surface area contributed by atoms with Crippen LogP contribution in [0.2, 0.25) is 0 Å². The second-order valence-corrected chi connectivity index (χ2v) is 5.88. The molecule has 0 atom stereocenters. The number of alkyl halides is 3. The molecule has 5 nitrogen and oxygen atoms in total. The molecular weight excluding hydrogens is 235 g/mol. The highest BCUT2D eigenvalue weighted by molar-refractivity contribution is 8.05. The van der Waals surface area contributed by atoms with Crippen LogP contribution in [-0.4, -0.2) is 28.1 Å². The largest absolute Gasteiger partial charge is 0.512 e. The van der Waals surface area contributed by atoms with Gasteiger partial charge in [0, 0.05) is 0 Å². The van der Waals surface area contributed by atoms with Crippen LogP contribution in [0.5, 0.6) is 0 Å². The zero-order chi connectivity index (χ0) is 10.9. The van der Waals surface area contributed by atoms with Crippen LogP contribution in [0, 0.1) is 0 Å². The van der Waals surface area contributed by atoms with Crippen molar-refractivity contribution in [3.8, 4) is 0 Å². The minimum Gasteiger partial charge on any atom is -0.211 e. The molecule has 1 N–H and O–H groups in total. The van der Waals surface area contributed by atoms with E-state index in [0.29, 0.717) is 4.13 Å². The van der Waals surface area contributed by atoms with Crippen LogP contribution in [0.3, 0.4) is 0 Å². The van der Waals surface area contributed by atoms with E-state index in [0.717, 1.165) is 6.92 Å².